The molecule has 0 amide bonds. The van der Waals surface area contributed by atoms with Crippen LogP contribution < -0.4 is 5.32 Å². The van der Waals surface area contributed by atoms with Crippen LogP contribution in [0.25, 0.3) is 16.9 Å². The first-order valence-electron chi connectivity index (χ1n) is 7.18. The molecule has 0 fully saturated rings. The second kappa shape index (κ2) is 6.11. The molecule has 118 valence electrons. The van der Waals surface area contributed by atoms with E-state index in [4.69, 9.17) is 23.2 Å². The van der Waals surface area contributed by atoms with E-state index in [2.05, 4.69) is 20.3 Å². The largest absolute Gasteiger partial charge is 0.324 e. The Balaban J connectivity index is 1.75. The normalized spacial score (nSPS) is 10.9. The van der Waals surface area contributed by atoms with E-state index in [-0.39, 0.29) is 0 Å². The fraction of sp³-hybridized carbons (Fsp3) is 0. The van der Waals surface area contributed by atoms with Gasteiger partial charge in [0.1, 0.15) is 11.8 Å². The van der Waals surface area contributed by atoms with Gasteiger partial charge < -0.3 is 5.32 Å². The number of imidazole rings is 1. The van der Waals surface area contributed by atoms with E-state index in [1.54, 1.807) is 30.7 Å². The number of hydrogen-bond donors (Lipinski definition) is 1. The molecule has 1 N–H and O–H groups in total. The van der Waals surface area contributed by atoms with Gasteiger partial charge in [0.25, 0.3) is 0 Å². The van der Waals surface area contributed by atoms with Crippen molar-refractivity contribution in [1.29, 1.82) is 0 Å². The predicted molar refractivity (Wildman–Crippen MR) is 96.4 cm³/mol. The molecule has 2 aromatic carbocycles. The summed E-state index contributed by atoms with van der Waals surface area (Å²) in [5.74, 6) is 0.443. The lowest BCUT2D eigenvalue weighted by atomic mass is 10.3. The molecule has 4 aromatic rings. The average molecular weight is 356 g/mol. The Labute approximate surface area is 147 Å². The van der Waals surface area contributed by atoms with Gasteiger partial charge >= 0.3 is 0 Å². The minimum absolute atomic E-state index is 0.443. The lowest BCUT2D eigenvalue weighted by molar-refractivity contribution is 1.06. The zero-order valence-electron chi connectivity index (χ0n) is 12.3. The second-order valence-corrected chi connectivity index (χ2v) is 6.01. The summed E-state index contributed by atoms with van der Waals surface area (Å²) in [6, 6.07) is 15.1. The molecule has 24 heavy (non-hydrogen) atoms. The third kappa shape index (κ3) is 2.91. The van der Waals surface area contributed by atoms with E-state index in [0.717, 1.165) is 11.4 Å². The number of halogens is 2. The molecule has 4 rings (SSSR count). The highest BCUT2D eigenvalue weighted by molar-refractivity contribution is 6.35. The van der Waals surface area contributed by atoms with Crippen molar-refractivity contribution in [2.75, 3.05) is 5.32 Å². The van der Waals surface area contributed by atoms with Gasteiger partial charge in [-0.25, -0.2) is 9.97 Å². The Morgan fingerprint density at radius 3 is 2.42 bits per heavy atom. The van der Waals surface area contributed by atoms with Crippen LogP contribution in [0.1, 0.15) is 0 Å². The number of anilines is 2. The molecule has 0 aliphatic rings. The van der Waals surface area contributed by atoms with Gasteiger partial charge in [-0.1, -0.05) is 41.4 Å². The maximum absolute atomic E-state index is 6.02. The van der Waals surface area contributed by atoms with Crippen LogP contribution in [0.5, 0.6) is 0 Å². The Morgan fingerprint density at radius 2 is 1.67 bits per heavy atom. The van der Waals surface area contributed by atoms with Gasteiger partial charge in [0, 0.05) is 21.4 Å². The molecule has 0 atom stereocenters. The summed E-state index contributed by atoms with van der Waals surface area (Å²) in [6.07, 6.45) is 3.41. The molecular weight excluding hydrogens is 345 g/mol. The number of nitrogens with one attached hydrogen (secondary N) is 1. The predicted octanol–water partition coefficient (Wildman–Crippen LogP) is 4.87. The molecule has 0 spiro atoms. The van der Waals surface area contributed by atoms with Gasteiger partial charge in [0.2, 0.25) is 5.95 Å². The van der Waals surface area contributed by atoms with Crippen LogP contribution in [0.15, 0.2) is 61.1 Å². The van der Waals surface area contributed by atoms with Gasteiger partial charge in [-0.2, -0.15) is 4.98 Å². The molecule has 0 bridgehead atoms. The zero-order chi connectivity index (χ0) is 16.5. The second-order valence-electron chi connectivity index (χ2n) is 5.14. The molecule has 5 nitrogen and oxygen atoms in total. The highest BCUT2D eigenvalue weighted by Gasteiger charge is 2.09. The van der Waals surface area contributed by atoms with E-state index in [1.165, 1.54) is 0 Å². The lowest BCUT2D eigenvalue weighted by Crippen LogP contribution is -1.99. The van der Waals surface area contributed by atoms with Gasteiger partial charge in [0.15, 0.2) is 5.65 Å². The van der Waals surface area contributed by atoms with Gasteiger partial charge in [0.05, 0.1) is 6.20 Å². The van der Waals surface area contributed by atoms with Gasteiger partial charge in [-0.3, -0.25) is 4.57 Å². The minimum atomic E-state index is 0.443. The summed E-state index contributed by atoms with van der Waals surface area (Å²) in [4.78, 5) is 13.2. The Hall–Kier alpha value is -2.63. The molecule has 0 radical (unpaired) electrons. The Bertz CT molecular complexity index is 994. The molecule has 7 heteroatoms. The fourth-order valence-corrected chi connectivity index (χ4v) is 2.93. The highest BCUT2D eigenvalue weighted by atomic mass is 35.5. The smallest absolute Gasteiger partial charge is 0.229 e. The Morgan fingerprint density at radius 1 is 0.917 bits per heavy atom. The summed E-state index contributed by atoms with van der Waals surface area (Å²) in [5.41, 5.74) is 3.13. The first-order chi connectivity index (χ1) is 11.7. The van der Waals surface area contributed by atoms with Crippen molar-refractivity contribution >= 4 is 46.0 Å². The van der Waals surface area contributed by atoms with Crippen LogP contribution in [-0.4, -0.2) is 19.5 Å². The van der Waals surface area contributed by atoms with E-state index >= 15 is 0 Å². The molecule has 0 aliphatic heterocycles. The van der Waals surface area contributed by atoms with Crippen molar-refractivity contribution in [3.63, 3.8) is 0 Å². The van der Waals surface area contributed by atoms with Gasteiger partial charge in [-0.15, -0.1) is 0 Å². The number of para-hydroxylation sites is 1. The van der Waals surface area contributed by atoms with E-state index in [0.29, 0.717) is 27.2 Å². The van der Waals surface area contributed by atoms with Crippen molar-refractivity contribution in [2.45, 2.75) is 0 Å². The quantitative estimate of drug-likeness (QED) is 0.569. The third-order valence-corrected chi connectivity index (χ3v) is 3.88. The first kappa shape index (κ1) is 14.9. The summed E-state index contributed by atoms with van der Waals surface area (Å²) in [5, 5.41) is 4.20. The third-order valence-electron chi connectivity index (χ3n) is 3.44. The zero-order valence-corrected chi connectivity index (χ0v) is 13.8. The van der Waals surface area contributed by atoms with Crippen molar-refractivity contribution in [2.24, 2.45) is 0 Å². The first-order valence-corrected chi connectivity index (χ1v) is 7.93. The number of fused-ring (bicyclic) bond motifs is 1. The van der Waals surface area contributed by atoms with Crippen molar-refractivity contribution < 1.29 is 0 Å². The molecule has 0 saturated heterocycles. The molecule has 0 unspecified atom stereocenters. The summed E-state index contributed by atoms with van der Waals surface area (Å²) in [6.45, 7) is 0. The van der Waals surface area contributed by atoms with Crippen LogP contribution in [0.4, 0.5) is 11.6 Å². The van der Waals surface area contributed by atoms with E-state index < -0.39 is 0 Å². The minimum Gasteiger partial charge on any atom is -0.324 e. The molecule has 2 aromatic heterocycles. The SMILES string of the molecule is Clc1cc(Cl)cc(Nc2ncc3ncn(-c4ccccc4)c3n2)c1. The standard InChI is InChI=1S/C17H11Cl2N5/c18-11-6-12(19)8-13(7-11)22-17-20-9-15-16(23-17)24(10-21-15)14-4-2-1-3-5-14/h1-10H,(H,20,22,23). The van der Waals surface area contributed by atoms with Crippen molar-refractivity contribution in [3.8, 4) is 5.69 Å². The molecule has 2 heterocycles. The van der Waals surface area contributed by atoms with Crippen LogP contribution in [0, 0.1) is 0 Å². The summed E-state index contributed by atoms with van der Waals surface area (Å²) in [7, 11) is 0. The van der Waals surface area contributed by atoms with Crippen molar-refractivity contribution in [3.05, 3.63) is 71.1 Å². The van der Waals surface area contributed by atoms with Crippen molar-refractivity contribution in [1.82, 2.24) is 19.5 Å². The number of benzene rings is 2. The Kier molecular flexibility index (Phi) is 3.80. The maximum Gasteiger partial charge on any atom is 0.229 e. The van der Waals surface area contributed by atoms with E-state index in [1.807, 2.05) is 34.9 Å². The lowest BCUT2D eigenvalue weighted by Gasteiger charge is -2.07. The van der Waals surface area contributed by atoms with Crippen LogP contribution in [0.2, 0.25) is 10.0 Å². The van der Waals surface area contributed by atoms with E-state index in [9.17, 15) is 0 Å². The average Bonchev–Trinajstić information content (AvgIpc) is 2.98. The van der Waals surface area contributed by atoms with Crippen LogP contribution in [-0.2, 0) is 0 Å². The molecular formula is C17H11Cl2N5. The number of rotatable bonds is 3. The summed E-state index contributed by atoms with van der Waals surface area (Å²) >= 11 is 12.0. The number of hydrogen-bond acceptors (Lipinski definition) is 4. The summed E-state index contributed by atoms with van der Waals surface area (Å²) < 4.78 is 1.91. The topological polar surface area (TPSA) is 55.6 Å². The molecule has 0 saturated carbocycles. The van der Waals surface area contributed by atoms with Gasteiger partial charge in [-0.05, 0) is 30.3 Å². The molecule has 0 aliphatic carbocycles. The van der Waals surface area contributed by atoms with Crippen LogP contribution in [0.3, 0.4) is 0 Å². The highest BCUT2D eigenvalue weighted by Crippen LogP contribution is 2.25. The number of nitrogens with zero attached hydrogens (tertiary/aromatic N) is 4. The fourth-order valence-electron chi connectivity index (χ4n) is 2.40. The number of aromatic nitrogens is 4. The van der Waals surface area contributed by atoms with Crippen LogP contribution >= 0.6 is 23.2 Å². The maximum atomic E-state index is 6.02. The monoisotopic (exact) mass is 355 g/mol.